The predicted octanol–water partition coefficient (Wildman–Crippen LogP) is 3.24. The van der Waals surface area contributed by atoms with Crippen LogP contribution in [0.3, 0.4) is 0 Å². The normalized spacial score (nSPS) is 10.5. The van der Waals surface area contributed by atoms with Crippen molar-refractivity contribution in [1.82, 2.24) is 9.97 Å². The summed E-state index contributed by atoms with van der Waals surface area (Å²) in [5, 5.41) is 2.83. The number of aromatic nitrogens is 2. The van der Waals surface area contributed by atoms with Crippen LogP contribution in [0.1, 0.15) is 33.0 Å². The van der Waals surface area contributed by atoms with Gasteiger partial charge in [0.05, 0.1) is 7.11 Å². The zero-order valence-corrected chi connectivity index (χ0v) is 15.5. The summed E-state index contributed by atoms with van der Waals surface area (Å²) in [5.74, 6) is 0.770. The molecule has 27 heavy (non-hydrogen) atoms. The first-order valence-corrected chi connectivity index (χ1v) is 8.56. The first-order chi connectivity index (χ1) is 12.9. The van der Waals surface area contributed by atoms with Gasteiger partial charge in [0.2, 0.25) is 0 Å². The third-order valence-corrected chi connectivity index (χ3v) is 4.20. The highest BCUT2D eigenvalue weighted by atomic mass is 16.5. The molecule has 1 aromatic heterocycles. The Balaban J connectivity index is 1.82. The molecule has 0 atom stereocenters. The van der Waals surface area contributed by atoms with Crippen molar-refractivity contribution in [3.8, 4) is 5.75 Å². The van der Waals surface area contributed by atoms with E-state index in [1.165, 1.54) is 6.07 Å². The molecule has 138 valence electrons. The number of aromatic amines is 1. The van der Waals surface area contributed by atoms with E-state index in [9.17, 15) is 9.59 Å². The minimum atomic E-state index is -0.411. The molecule has 3 aromatic rings. The van der Waals surface area contributed by atoms with Crippen molar-refractivity contribution in [2.24, 2.45) is 0 Å². The lowest BCUT2D eigenvalue weighted by Crippen LogP contribution is -2.21. The van der Waals surface area contributed by atoms with Gasteiger partial charge in [-0.2, -0.15) is 0 Å². The number of hydrogen-bond donors (Lipinski definition) is 2. The molecular weight excluding hydrogens is 342 g/mol. The summed E-state index contributed by atoms with van der Waals surface area (Å²) in [5.41, 5.74) is 3.36. The Morgan fingerprint density at radius 3 is 2.56 bits per heavy atom. The fourth-order valence-corrected chi connectivity index (χ4v) is 2.70. The van der Waals surface area contributed by atoms with Crippen LogP contribution in [-0.4, -0.2) is 23.0 Å². The topological polar surface area (TPSA) is 84.1 Å². The van der Waals surface area contributed by atoms with E-state index in [0.717, 1.165) is 22.4 Å². The van der Waals surface area contributed by atoms with Gasteiger partial charge in [-0.25, -0.2) is 4.98 Å². The maximum absolute atomic E-state index is 12.6. The van der Waals surface area contributed by atoms with Crippen molar-refractivity contribution in [2.45, 2.75) is 20.3 Å². The van der Waals surface area contributed by atoms with E-state index in [0.29, 0.717) is 17.9 Å². The maximum Gasteiger partial charge on any atom is 0.274 e. The Labute approximate surface area is 157 Å². The molecule has 0 aliphatic heterocycles. The molecule has 2 aromatic carbocycles. The number of amides is 1. The first kappa shape index (κ1) is 18.4. The fraction of sp³-hybridized carbons (Fsp3) is 0.190. The summed E-state index contributed by atoms with van der Waals surface area (Å²) in [6, 6.07) is 14.5. The summed E-state index contributed by atoms with van der Waals surface area (Å²) in [7, 11) is 1.60. The van der Waals surface area contributed by atoms with Gasteiger partial charge in [-0.3, -0.25) is 9.59 Å². The van der Waals surface area contributed by atoms with Crippen LogP contribution >= 0.6 is 0 Å². The molecule has 6 heteroatoms. The standard InChI is InChI=1S/C21H21N3O3/c1-13-4-5-14(2)17(10-13)23-21(26)18-12-20(25)24-19(22-18)11-15-6-8-16(27-3)9-7-15/h4-10,12H,11H2,1-3H3,(H,23,26)(H,22,24,25). The van der Waals surface area contributed by atoms with Crippen molar-refractivity contribution in [3.63, 3.8) is 0 Å². The zero-order chi connectivity index (χ0) is 19.4. The monoisotopic (exact) mass is 363 g/mol. The molecule has 0 spiro atoms. The van der Waals surface area contributed by atoms with Crippen LogP contribution in [0.2, 0.25) is 0 Å². The molecule has 1 heterocycles. The van der Waals surface area contributed by atoms with Crippen LogP contribution in [0.15, 0.2) is 53.3 Å². The van der Waals surface area contributed by atoms with Gasteiger partial charge < -0.3 is 15.0 Å². The van der Waals surface area contributed by atoms with Crippen molar-refractivity contribution >= 4 is 11.6 Å². The lowest BCUT2D eigenvalue weighted by molar-refractivity contribution is 0.102. The van der Waals surface area contributed by atoms with E-state index in [4.69, 9.17) is 4.74 Å². The highest BCUT2D eigenvalue weighted by molar-refractivity contribution is 6.03. The number of hydrogen-bond acceptors (Lipinski definition) is 4. The van der Waals surface area contributed by atoms with E-state index in [1.54, 1.807) is 7.11 Å². The fourth-order valence-electron chi connectivity index (χ4n) is 2.70. The molecule has 0 radical (unpaired) electrons. The first-order valence-electron chi connectivity index (χ1n) is 8.56. The number of nitrogens with one attached hydrogen (secondary N) is 2. The molecule has 0 saturated heterocycles. The number of carbonyl (C=O) groups is 1. The second-order valence-electron chi connectivity index (χ2n) is 6.37. The Morgan fingerprint density at radius 2 is 1.85 bits per heavy atom. The molecule has 6 nitrogen and oxygen atoms in total. The van der Waals surface area contributed by atoms with Gasteiger partial charge in [0, 0.05) is 18.2 Å². The molecule has 0 aliphatic rings. The van der Waals surface area contributed by atoms with Crippen molar-refractivity contribution in [1.29, 1.82) is 0 Å². The van der Waals surface area contributed by atoms with Gasteiger partial charge in [-0.1, -0.05) is 24.3 Å². The van der Waals surface area contributed by atoms with Crippen LogP contribution in [0, 0.1) is 13.8 Å². The molecule has 0 saturated carbocycles. The van der Waals surface area contributed by atoms with Gasteiger partial charge in [-0.15, -0.1) is 0 Å². The number of benzene rings is 2. The van der Waals surface area contributed by atoms with Crippen LogP contribution < -0.4 is 15.6 Å². The SMILES string of the molecule is COc1ccc(Cc2nc(C(=O)Nc3cc(C)ccc3C)cc(=O)[nH]2)cc1. The highest BCUT2D eigenvalue weighted by Gasteiger charge is 2.12. The largest absolute Gasteiger partial charge is 0.497 e. The number of rotatable bonds is 5. The van der Waals surface area contributed by atoms with Crippen molar-refractivity contribution in [2.75, 3.05) is 12.4 Å². The highest BCUT2D eigenvalue weighted by Crippen LogP contribution is 2.17. The molecule has 0 unspecified atom stereocenters. The number of anilines is 1. The van der Waals surface area contributed by atoms with Gasteiger partial charge in [0.25, 0.3) is 11.5 Å². The molecule has 0 fully saturated rings. The minimum absolute atomic E-state index is 0.0863. The summed E-state index contributed by atoms with van der Waals surface area (Å²) in [4.78, 5) is 31.6. The predicted molar refractivity (Wildman–Crippen MR) is 105 cm³/mol. The molecule has 2 N–H and O–H groups in total. The van der Waals surface area contributed by atoms with E-state index in [1.807, 2.05) is 56.3 Å². The number of aryl methyl sites for hydroxylation is 2. The number of H-pyrrole nitrogens is 1. The molecule has 3 rings (SSSR count). The molecular formula is C21H21N3O3. The number of carbonyl (C=O) groups excluding carboxylic acids is 1. The Morgan fingerprint density at radius 1 is 1.11 bits per heavy atom. The lowest BCUT2D eigenvalue weighted by atomic mass is 10.1. The minimum Gasteiger partial charge on any atom is -0.497 e. The lowest BCUT2D eigenvalue weighted by Gasteiger charge is -2.10. The van der Waals surface area contributed by atoms with E-state index >= 15 is 0 Å². The Hall–Kier alpha value is -3.41. The Kier molecular flexibility index (Phi) is 5.35. The summed E-state index contributed by atoms with van der Waals surface area (Å²) in [6.07, 6.45) is 0.407. The van der Waals surface area contributed by atoms with Gasteiger partial charge >= 0.3 is 0 Å². The van der Waals surface area contributed by atoms with Crippen molar-refractivity contribution < 1.29 is 9.53 Å². The Bertz CT molecular complexity index is 1020. The van der Waals surface area contributed by atoms with Crippen molar-refractivity contribution in [3.05, 3.63) is 87.1 Å². The number of ether oxygens (including phenoxy) is 1. The number of methoxy groups -OCH3 is 1. The molecule has 0 aliphatic carbocycles. The summed E-state index contributed by atoms with van der Waals surface area (Å²) < 4.78 is 5.14. The number of nitrogens with zero attached hydrogens (tertiary/aromatic N) is 1. The molecule has 1 amide bonds. The van der Waals surface area contributed by atoms with Gasteiger partial charge in [0.1, 0.15) is 17.3 Å². The van der Waals surface area contributed by atoms with Crippen LogP contribution in [-0.2, 0) is 6.42 Å². The smallest absolute Gasteiger partial charge is 0.274 e. The average Bonchev–Trinajstić information content (AvgIpc) is 2.65. The van der Waals surface area contributed by atoms with Gasteiger partial charge in [-0.05, 0) is 48.7 Å². The van der Waals surface area contributed by atoms with Crippen LogP contribution in [0.5, 0.6) is 5.75 Å². The van der Waals surface area contributed by atoms with E-state index in [2.05, 4.69) is 15.3 Å². The van der Waals surface area contributed by atoms with E-state index in [-0.39, 0.29) is 11.3 Å². The third-order valence-electron chi connectivity index (χ3n) is 4.20. The summed E-state index contributed by atoms with van der Waals surface area (Å²) in [6.45, 7) is 3.86. The maximum atomic E-state index is 12.6. The zero-order valence-electron chi connectivity index (χ0n) is 15.5. The van der Waals surface area contributed by atoms with E-state index < -0.39 is 5.91 Å². The van der Waals surface area contributed by atoms with Crippen LogP contribution in [0.4, 0.5) is 5.69 Å². The van der Waals surface area contributed by atoms with Crippen LogP contribution in [0.25, 0.3) is 0 Å². The molecule has 0 bridgehead atoms. The second-order valence-corrected chi connectivity index (χ2v) is 6.37. The second kappa shape index (κ2) is 7.86. The average molecular weight is 363 g/mol. The van der Waals surface area contributed by atoms with Gasteiger partial charge in [0.15, 0.2) is 0 Å². The third kappa shape index (κ3) is 4.61. The quantitative estimate of drug-likeness (QED) is 0.729. The summed E-state index contributed by atoms with van der Waals surface area (Å²) >= 11 is 0.